The third-order valence-electron chi connectivity index (χ3n) is 2.12. The third-order valence-corrected chi connectivity index (χ3v) is 2.12. The molecule has 0 aliphatic rings. The fourth-order valence-electron chi connectivity index (χ4n) is 1.27. The maximum atomic E-state index is 11.4. The van der Waals surface area contributed by atoms with Gasteiger partial charge in [0.25, 0.3) is 0 Å². The highest BCUT2D eigenvalue weighted by Crippen LogP contribution is 2.17. The van der Waals surface area contributed by atoms with Crippen molar-refractivity contribution in [2.75, 3.05) is 0 Å². The number of para-hydroxylation sites is 1. The summed E-state index contributed by atoms with van der Waals surface area (Å²) in [6, 6.07) is 13.2. The predicted octanol–water partition coefficient (Wildman–Crippen LogP) is 2.22. The van der Waals surface area contributed by atoms with Crippen LogP contribution in [0, 0.1) is 0 Å². The summed E-state index contributed by atoms with van der Waals surface area (Å²) in [5.41, 5.74) is 1.25. The van der Waals surface area contributed by atoms with Crippen LogP contribution in [0.15, 0.2) is 53.5 Å². The molecule has 2 aromatic carbocycles. The molecule has 0 fully saturated rings. The molecule has 3 nitrogen and oxygen atoms in total. The van der Waals surface area contributed by atoms with Crippen LogP contribution in [0.3, 0.4) is 0 Å². The maximum Gasteiger partial charge on any atom is 0.115 e. The van der Waals surface area contributed by atoms with Gasteiger partial charge in [-0.15, -0.1) is 5.75 Å². The third kappa shape index (κ3) is 2.39. The molecule has 0 aromatic heterocycles. The first-order valence-electron chi connectivity index (χ1n) is 4.85. The Morgan fingerprint density at radius 3 is 2.38 bits per heavy atom. The quantitative estimate of drug-likeness (QED) is 0.776. The lowest BCUT2D eigenvalue weighted by Gasteiger charge is -2.07. The zero-order valence-electron chi connectivity index (χ0n) is 8.50. The van der Waals surface area contributed by atoms with Gasteiger partial charge in [0.15, 0.2) is 0 Å². The van der Waals surface area contributed by atoms with E-state index in [9.17, 15) is 5.11 Å². The van der Waals surface area contributed by atoms with Gasteiger partial charge in [-0.3, -0.25) is 4.99 Å². The van der Waals surface area contributed by atoms with Crippen molar-refractivity contribution < 1.29 is 10.2 Å². The van der Waals surface area contributed by atoms with Crippen LogP contribution in [0.5, 0.6) is 11.5 Å². The van der Waals surface area contributed by atoms with E-state index in [-0.39, 0.29) is 11.5 Å². The number of benzene rings is 2. The van der Waals surface area contributed by atoms with Crippen LogP contribution in [0.25, 0.3) is 0 Å². The van der Waals surface area contributed by atoms with Crippen molar-refractivity contribution in [3.8, 4) is 11.5 Å². The molecule has 0 amide bonds. The molecular formula is C13H10NO2-. The lowest BCUT2D eigenvalue weighted by Crippen LogP contribution is -1.94. The highest BCUT2D eigenvalue weighted by Gasteiger charge is 1.90. The van der Waals surface area contributed by atoms with Crippen molar-refractivity contribution in [3.05, 3.63) is 54.1 Å². The Morgan fingerprint density at radius 1 is 1.00 bits per heavy atom. The molecule has 0 unspecified atom stereocenters. The Labute approximate surface area is 93.3 Å². The SMILES string of the molecule is [O-]c1ccccc1C=Nc1ccc(O)cc1. The maximum absolute atomic E-state index is 11.4. The van der Waals surface area contributed by atoms with E-state index >= 15 is 0 Å². The van der Waals surface area contributed by atoms with E-state index in [0.29, 0.717) is 11.3 Å². The van der Waals surface area contributed by atoms with Gasteiger partial charge >= 0.3 is 0 Å². The van der Waals surface area contributed by atoms with E-state index < -0.39 is 0 Å². The molecule has 80 valence electrons. The van der Waals surface area contributed by atoms with Gasteiger partial charge < -0.3 is 10.2 Å². The van der Waals surface area contributed by atoms with Gasteiger partial charge in [0.2, 0.25) is 0 Å². The van der Waals surface area contributed by atoms with Gasteiger partial charge in [-0.25, -0.2) is 0 Å². The van der Waals surface area contributed by atoms with Crippen molar-refractivity contribution >= 4 is 11.9 Å². The highest BCUT2D eigenvalue weighted by molar-refractivity contribution is 5.84. The number of rotatable bonds is 2. The molecule has 0 radical (unpaired) electrons. The first-order valence-corrected chi connectivity index (χ1v) is 4.85. The molecular weight excluding hydrogens is 202 g/mol. The second kappa shape index (κ2) is 4.49. The van der Waals surface area contributed by atoms with Crippen LogP contribution in [-0.2, 0) is 0 Å². The Balaban J connectivity index is 2.21. The molecule has 0 atom stereocenters. The molecule has 2 rings (SSSR count). The van der Waals surface area contributed by atoms with Crippen LogP contribution in [-0.4, -0.2) is 11.3 Å². The van der Waals surface area contributed by atoms with E-state index in [1.807, 2.05) is 0 Å². The molecule has 2 aromatic rings. The van der Waals surface area contributed by atoms with Crippen molar-refractivity contribution in [3.63, 3.8) is 0 Å². The molecule has 0 aliphatic heterocycles. The first kappa shape index (κ1) is 10.2. The summed E-state index contributed by atoms with van der Waals surface area (Å²) in [4.78, 5) is 4.14. The van der Waals surface area contributed by atoms with E-state index in [1.54, 1.807) is 42.5 Å². The summed E-state index contributed by atoms with van der Waals surface area (Å²) >= 11 is 0. The normalized spacial score (nSPS) is 10.8. The zero-order valence-corrected chi connectivity index (χ0v) is 8.50. The number of aliphatic imine (C=N–C) groups is 1. The molecule has 0 bridgehead atoms. The highest BCUT2D eigenvalue weighted by atomic mass is 16.3. The van der Waals surface area contributed by atoms with Gasteiger partial charge in [-0.2, -0.15) is 0 Å². The Kier molecular flexibility index (Phi) is 2.87. The number of phenolic OH excluding ortho intramolecular Hbond substituents is 1. The summed E-state index contributed by atoms with van der Waals surface area (Å²) in [5, 5.41) is 20.4. The van der Waals surface area contributed by atoms with Crippen molar-refractivity contribution in [2.45, 2.75) is 0 Å². The summed E-state index contributed by atoms with van der Waals surface area (Å²) in [5.74, 6) is 0.146. The monoisotopic (exact) mass is 212 g/mol. The fourth-order valence-corrected chi connectivity index (χ4v) is 1.27. The first-order chi connectivity index (χ1) is 7.75. The number of phenols is 1. The predicted molar refractivity (Wildman–Crippen MR) is 61.2 cm³/mol. The molecule has 3 heteroatoms. The molecule has 1 N–H and O–H groups in total. The minimum atomic E-state index is -0.0509. The molecule has 16 heavy (non-hydrogen) atoms. The topological polar surface area (TPSA) is 55.7 Å². The molecule has 0 heterocycles. The number of hydrogen-bond donors (Lipinski definition) is 1. The number of nitrogens with zero attached hydrogens (tertiary/aromatic N) is 1. The lowest BCUT2D eigenvalue weighted by molar-refractivity contribution is -0.268. The van der Waals surface area contributed by atoms with E-state index in [2.05, 4.69) is 4.99 Å². The second-order valence-corrected chi connectivity index (χ2v) is 3.31. The Morgan fingerprint density at radius 2 is 1.69 bits per heavy atom. The number of aromatic hydroxyl groups is 1. The van der Waals surface area contributed by atoms with Gasteiger partial charge in [0, 0.05) is 6.21 Å². The Bertz CT molecular complexity index is 504. The van der Waals surface area contributed by atoms with E-state index in [0.717, 1.165) is 0 Å². The van der Waals surface area contributed by atoms with Gasteiger partial charge in [-0.05, 0) is 29.8 Å². The van der Waals surface area contributed by atoms with Crippen LogP contribution in [0.2, 0.25) is 0 Å². The molecule has 0 saturated carbocycles. The largest absolute Gasteiger partial charge is 0.872 e. The van der Waals surface area contributed by atoms with Crippen molar-refractivity contribution in [1.82, 2.24) is 0 Å². The summed E-state index contributed by atoms with van der Waals surface area (Å²) < 4.78 is 0. The average molecular weight is 212 g/mol. The summed E-state index contributed by atoms with van der Waals surface area (Å²) in [6.07, 6.45) is 1.52. The number of hydrogen-bond acceptors (Lipinski definition) is 3. The van der Waals surface area contributed by atoms with Crippen LogP contribution < -0.4 is 5.11 Å². The standard InChI is InChI=1S/C13H11NO2/c15-12-7-5-11(6-8-12)14-9-10-3-1-2-4-13(10)16/h1-9,15-16H/p-1. The van der Waals surface area contributed by atoms with E-state index in [1.165, 1.54) is 12.3 Å². The van der Waals surface area contributed by atoms with Crippen LogP contribution in [0.4, 0.5) is 5.69 Å². The van der Waals surface area contributed by atoms with Crippen LogP contribution in [0.1, 0.15) is 5.56 Å². The summed E-state index contributed by atoms with van der Waals surface area (Å²) in [7, 11) is 0. The zero-order chi connectivity index (χ0) is 11.4. The van der Waals surface area contributed by atoms with Crippen LogP contribution >= 0.6 is 0 Å². The lowest BCUT2D eigenvalue weighted by atomic mass is 10.2. The van der Waals surface area contributed by atoms with E-state index in [4.69, 9.17) is 5.11 Å². The average Bonchev–Trinajstić information content (AvgIpc) is 2.30. The Hall–Kier alpha value is -2.29. The molecule has 0 spiro atoms. The minimum absolute atomic E-state index is 0.0509. The van der Waals surface area contributed by atoms with Crippen molar-refractivity contribution in [1.29, 1.82) is 0 Å². The minimum Gasteiger partial charge on any atom is -0.872 e. The van der Waals surface area contributed by atoms with Gasteiger partial charge in [0.1, 0.15) is 5.75 Å². The summed E-state index contributed by atoms with van der Waals surface area (Å²) in [6.45, 7) is 0. The van der Waals surface area contributed by atoms with Gasteiger partial charge in [0.05, 0.1) is 5.69 Å². The molecule has 0 aliphatic carbocycles. The molecule has 0 saturated heterocycles. The smallest absolute Gasteiger partial charge is 0.115 e. The fraction of sp³-hybridized carbons (Fsp3) is 0. The second-order valence-electron chi connectivity index (χ2n) is 3.31. The van der Waals surface area contributed by atoms with Gasteiger partial charge in [-0.1, -0.05) is 24.3 Å². The van der Waals surface area contributed by atoms with Crippen molar-refractivity contribution in [2.24, 2.45) is 4.99 Å².